The summed E-state index contributed by atoms with van der Waals surface area (Å²) in [5, 5.41) is 8.34. The molecule has 0 aliphatic heterocycles. The third-order valence-corrected chi connectivity index (χ3v) is 1.94. The fourth-order valence-electron chi connectivity index (χ4n) is 1.05. The Hall–Kier alpha value is -0.760. The first kappa shape index (κ1) is 13.2. The maximum Gasteiger partial charge on any atom is 0.405 e. The molecule has 0 saturated carbocycles. The molecule has 0 N–H and O–H groups in total. The van der Waals surface area contributed by atoms with Crippen LogP contribution in [0.2, 0.25) is 0 Å². The van der Waals surface area contributed by atoms with Crippen LogP contribution in [0, 0.1) is 17.2 Å². The van der Waals surface area contributed by atoms with E-state index in [1.54, 1.807) is 11.9 Å². The number of alkyl halides is 3. The Morgan fingerprint density at radius 2 is 2.00 bits per heavy atom. The molecule has 0 radical (unpaired) electrons. The molecule has 0 rings (SSSR count). The normalized spacial score (nSPS) is 14.1. The third-order valence-electron chi connectivity index (χ3n) is 1.94. The van der Waals surface area contributed by atoms with Gasteiger partial charge in [-0.05, 0) is 20.0 Å². The average Bonchev–Trinajstić information content (AvgIpc) is 2.08. The molecule has 2 nitrogen and oxygen atoms in total. The predicted octanol–water partition coefficient (Wildman–Crippen LogP) is 2.42. The van der Waals surface area contributed by atoms with Gasteiger partial charge in [0.25, 0.3) is 0 Å². The van der Waals surface area contributed by atoms with Gasteiger partial charge < -0.3 is 4.90 Å². The Kier molecular flexibility index (Phi) is 5.55. The van der Waals surface area contributed by atoms with Crippen molar-refractivity contribution < 1.29 is 13.2 Å². The van der Waals surface area contributed by atoms with Gasteiger partial charge in [-0.2, -0.15) is 18.4 Å². The van der Waals surface area contributed by atoms with Crippen molar-refractivity contribution in [3.05, 3.63) is 0 Å². The standard InChI is InChI=1S/C9H15F3N2/c1-3-4-5-14(2)7-8(6-13)9(10,11)12/h8H,3-5,7H2,1-2H3. The Morgan fingerprint density at radius 1 is 1.43 bits per heavy atom. The van der Waals surface area contributed by atoms with E-state index in [2.05, 4.69) is 0 Å². The van der Waals surface area contributed by atoms with Gasteiger partial charge in [-0.15, -0.1) is 0 Å². The molecule has 0 bridgehead atoms. The van der Waals surface area contributed by atoms with Crippen LogP contribution in [-0.4, -0.2) is 31.2 Å². The lowest BCUT2D eigenvalue weighted by molar-refractivity contribution is -0.162. The number of unbranched alkanes of at least 4 members (excludes halogenated alkanes) is 1. The van der Waals surface area contributed by atoms with E-state index in [1.807, 2.05) is 6.92 Å². The Labute approximate surface area is 82.3 Å². The summed E-state index contributed by atoms with van der Waals surface area (Å²) in [6.07, 6.45) is -2.62. The molecule has 0 aliphatic rings. The van der Waals surface area contributed by atoms with E-state index in [9.17, 15) is 13.2 Å². The fourth-order valence-corrected chi connectivity index (χ4v) is 1.05. The third kappa shape index (κ3) is 5.07. The van der Waals surface area contributed by atoms with Crippen molar-refractivity contribution in [1.29, 1.82) is 5.26 Å². The van der Waals surface area contributed by atoms with E-state index in [4.69, 9.17) is 5.26 Å². The first-order valence-electron chi connectivity index (χ1n) is 4.56. The minimum atomic E-state index is -4.41. The van der Waals surface area contributed by atoms with Gasteiger partial charge >= 0.3 is 6.18 Å². The number of hydrogen-bond acceptors (Lipinski definition) is 2. The van der Waals surface area contributed by atoms with Crippen LogP contribution in [0.4, 0.5) is 13.2 Å². The molecular formula is C9H15F3N2. The zero-order valence-corrected chi connectivity index (χ0v) is 8.43. The molecule has 1 atom stereocenters. The highest BCUT2D eigenvalue weighted by atomic mass is 19.4. The summed E-state index contributed by atoms with van der Waals surface area (Å²) in [4.78, 5) is 1.55. The average molecular weight is 208 g/mol. The molecular weight excluding hydrogens is 193 g/mol. The lowest BCUT2D eigenvalue weighted by atomic mass is 10.1. The van der Waals surface area contributed by atoms with E-state index in [0.717, 1.165) is 12.8 Å². The summed E-state index contributed by atoms with van der Waals surface area (Å²) >= 11 is 0. The smallest absolute Gasteiger partial charge is 0.305 e. The van der Waals surface area contributed by atoms with Crippen LogP contribution >= 0.6 is 0 Å². The molecule has 0 spiro atoms. The molecule has 82 valence electrons. The molecule has 1 unspecified atom stereocenters. The van der Waals surface area contributed by atoms with Crippen LogP contribution in [0.3, 0.4) is 0 Å². The van der Waals surface area contributed by atoms with Crippen molar-refractivity contribution in [1.82, 2.24) is 4.90 Å². The van der Waals surface area contributed by atoms with Gasteiger partial charge in [-0.3, -0.25) is 0 Å². The second kappa shape index (κ2) is 5.86. The molecule has 5 heteroatoms. The quantitative estimate of drug-likeness (QED) is 0.693. The maximum atomic E-state index is 12.2. The molecule has 0 amide bonds. The van der Waals surface area contributed by atoms with E-state index in [0.29, 0.717) is 6.54 Å². The first-order valence-corrected chi connectivity index (χ1v) is 4.56. The molecule has 0 aromatic rings. The van der Waals surface area contributed by atoms with Gasteiger partial charge in [0, 0.05) is 6.54 Å². The lowest BCUT2D eigenvalue weighted by Gasteiger charge is -2.20. The van der Waals surface area contributed by atoms with Gasteiger partial charge in [0.1, 0.15) is 0 Å². The van der Waals surface area contributed by atoms with Gasteiger partial charge in [0.05, 0.1) is 6.07 Å². The number of rotatable bonds is 5. The summed E-state index contributed by atoms with van der Waals surface area (Å²) in [7, 11) is 1.60. The van der Waals surface area contributed by atoms with Gasteiger partial charge in [0.2, 0.25) is 0 Å². The number of nitriles is 1. The minimum Gasteiger partial charge on any atom is -0.305 e. The van der Waals surface area contributed by atoms with Crippen LogP contribution in [0.1, 0.15) is 19.8 Å². The fraction of sp³-hybridized carbons (Fsp3) is 0.889. The second-order valence-corrected chi connectivity index (χ2v) is 3.34. The zero-order valence-electron chi connectivity index (χ0n) is 8.43. The van der Waals surface area contributed by atoms with Gasteiger partial charge in [-0.25, -0.2) is 0 Å². The Morgan fingerprint density at radius 3 is 2.36 bits per heavy atom. The van der Waals surface area contributed by atoms with E-state index in [1.165, 1.54) is 6.07 Å². The van der Waals surface area contributed by atoms with Crippen molar-refractivity contribution in [3.8, 4) is 6.07 Å². The van der Waals surface area contributed by atoms with Crippen LogP contribution < -0.4 is 0 Å². The zero-order chi connectivity index (χ0) is 11.2. The Balaban J connectivity index is 4.01. The molecule has 0 aliphatic carbocycles. The Bertz CT molecular complexity index is 195. The van der Waals surface area contributed by atoms with E-state index < -0.39 is 12.1 Å². The van der Waals surface area contributed by atoms with Crippen LogP contribution in [0.25, 0.3) is 0 Å². The minimum absolute atomic E-state index is 0.236. The highest BCUT2D eigenvalue weighted by Gasteiger charge is 2.40. The largest absolute Gasteiger partial charge is 0.405 e. The van der Waals surface area contributed by atoms with Crippen molar-refractivity contribution in [2.45, 2.75) is 25.9 Å². The summed E-state index contributed by atoms with van der Waals surface area (Å²) < 4.78 is 36.5. The maximum absolute atomic E-state index is 12.2. The van der Waals surface area contributed by atoms with Crippen molar-refractivity contribution in [2.75, 3.05) is 20.1 Å². The monoisotopic (exact) mass is 208 g/mol. The summed E-state index contributed by atoms with van der Waals surface area (Å²) in [5.41, 5.74) is 0. The number of nitrogens with zero attached hydrogens (tertiary/aromatic N) is 2. The topological polar surface area (TPSA) is 27.0 Å². The number of halogens is 3. The highest BCUT2D eigenvalue weighted by Crippen LogP contribution is 2.26. The van der Waals surface area contributed by atoms with Crippen molar-refractivity contribution in [2.24, 2.45) is 5.92 Å². The highest BCUT2D eigenvalue weighted by molar-refractivity contribution is 4.90. The van der Waals surface area contributed by atoms with Crippen LogP contribution in [-0.2, 0) is 0 Å². The first-order chi connectivity index (χ1) is 6.41. The summed E-state index contributed by atoms with van der Waals surface area (Å²) in [6.45, 7) is 2.34. The van der Waals surface area contributed by atoms with Crippen molar-refractivity contribution >= 4 is 0 Å². The molecule has 0 heterocycles. The van der Waals surface area contributed by atoms with Crippen molar-refractivity contribution in [3.63, 3.8) is 0 Å². The molecule has 0 aromatic heterocycles. The van der Waals surface area contributed by atoms with E-state index in [-0.39, 0.29) is 6.54 Å². The molecule has 0 saturated heterocycles. The van der Waals surface area contributed by atoms with Gasteiger partial charge in [-0.1, -0.05) is 13.3 Å². The predicted molar refractivity (Wildman–Crippen MR) is 47.6 cm³/mol. The van der Waals surface area contributed by atoms with Crippen LogP contribution in [0.15, 0.2) is 0 Å². The molecule has 14 heavy (non-hydrogen) atoms. The molecule has 0 aromatic carbocycles. The lowest BCUT2D eigenvalue weighted by Crippen LogP contribution is -2.34. The second-order valence-electron chi connectivity index (χ2n) is 3.34. The summed E-state index contributed by atoms with van der Waals surface area (Å²) in [5.74, 6) is -1.87. The van der Waals surface area contributed by atoms with Gasteiger partial charge in [0.15, 0.2) is 5.92 Å². The molecule has 0 fully saturated rings. The number of hydrogen-bond donors (Lipinski definition) is 0. The summed E-state index contributed by atoms with van der Waals surface area (Å²) in [6, 6.07) is 1.28. The van der Waals surface area contributed by atoms with Crippen LogP contribution in [0.5, 0.6) is 0 Å². The van der Waals surface area contributed by atoms with E-state index >= 15 is 0 Å². The SMILES string of the molecule is CCCCN(C)CC(C#N)C(F)(F)F.